The molecule has 3 aromatic carbocycles. The molecular formula is C27H23ClO7. The lowest BCUT2D eigenvalue weighted by Crippen LogP contribution is -2.11. The van der Waals surface area contributed by atoms with Crippen LogP contribution >= 0.6 is 11.6 Å². The highest BCUT2D eigenvalue weighted by molar-refractivity contribution is 6.30. The number of carbonyl (C=O) groups is 2. The summed E-state index contributed by atoms with van der Waals surface area (Å²) >= 11 is 5.89. The minimum Gasteiger partial charge on any atom is -0.496 e. The maximum absolute atomic E-state index is 13.1. The van der Waals surface area contributed by atoms with E-state index in [9.17, 15) is 9.59 Å². The van der Waals surface area contributed by atoms with E-state index < -0.39 is 5.97 Å². The van der Waals surface area contributed by atoms with Gasteiger partial charge in [-0.15, -0.1) is 0 Å². The highest BCUT2D eigenvalue weighted by atomic mass is 35.5. The molecule has 1 aliphatic rings. The van der Waals surface area contributed by atoms with Gasteiger partial charge in [0.2, 0.25) is 5.78 Å². The number of hydrogen-bond acceptors (Lipinski definition) is 7. The minimum atomic E-state index is -0.443. The predicted octanol–water partition coefficient (Wildman–Crippen LogP) is 5.44. The molecule has 0 saturated carbocycles. The van der Waals surface area contributed by atoms with E-state index in [1.54, 1.807) is 55.5 Å². The van der Waals surface area contributed by atoms with Crippen molar-refractivity contribution in [3.8, 4) is 28.7 Å². The number of hydrogen-bond donors (Lipinski definition) is 0. The molecule has 0 spiro atoms. The molecule has 0 bridgehead atoms. The van der Waals surface area contributed by atoms with Crippen LogP contribution in [0.4, 0.5) is 0 Å². The zero-order valence-corrected chi connectivity index (χ0v) is 20.4. The van der Waals surface area contributed by atoms with Crippen LogP contribution < -0.4 is 23.7 Å². The summed E-state index contributed by atoms with van der Waals surface area (Å²) in [5, 5.41) is 0.591. The fourth-order valence-corrected chi connectivity index (χ4v) is 3.91. The fourth-order valence-electron chi connectivity index (χ4n) is 3.78. The molecule has 0 N–H and O–H groups in total. The number of ketones is 1. The van der Waals surface area contributed by atoms with Crippen molar-refractivity contribution in [3.05, 3.63) is 81.6 Å². The molecule has 8 heteroatoms. The standard InChI is InChI=1S/C27H23ClO7/c1-15-9-19(34-25(29)10-16-5-7-18(28)8-6-16)13-23-26(15)27(30)24(35-23)12-17-11-21(32-3)22(33-4)14-20(17)31-2/h5-9,11-14H,10H2,1-4H3/b24-12-. The fraction of sp³-hybridized carbons (Fsp3) is 0.185. The first-order chi connectivity index (χ1) is 16.8. The smallest absolute Gasteiger partial charge is 0.315 e. The number of fused-ring (bicyclic) bond motifs is 1. The van der Waals surface area contributed by atoms with Gasteiger partial charge in [0.05, 0.1) is 33.3 Å². The number of aryl methyl sites for hydroxylation is 1. The van der Waals surface area contributed by atoms with Crippen LogP contribution in [0.15, 0.2) is 54.3 Å². The van der Waals surface area contributed by atoms with E-state index in [1.807, 2.05) is 0 Å². The number of allylic oxidation sites excluding steroid dienone is 1. The van der Waals surface area contributed by atoms with Gasteiger partial charge in [-0.05, 0) is 48.4 Å². The molecule has 0 amide bonds. The van der Waals surface area contributed by atoms with Crippen molar-refractivity contribution in [2.24, 2.45) is 0 Å². The lowest BCUT2D eigenvalue weighted by Gasteiger charge is -2.12. The second kappa shape index (κ2) is 10.1. The van der Waals surface area contributed by atoms with Crippen LogP contribution in [0.1, 0.15) is 27.0 Å². The third-order valence-electron chi connectivity index (χ3n) is 5.46. The first-order valence-corrected chi connectivity index (χ1v) is 11.0. The zero-order valence-electron chi connectivity index (χ0n) is 19.6. The van der Waals surface area contributed by atoms with Crippen molar-refractivity contribution < 1.29 is 33.3 Å². The van der Waals surface area contributed by atoms with E-state index in [1.165, 1.54) is 27.4 Å². The Hall–Kier alpha value is -3.97. The number of halogens is 1. The van der Waals surface area contributed by atoms with Crippen LogP contribution in [0, 0.1) is 6.92 Å². The number of esters is 1. The topological polar surface area (TPSA) is 80.3 Å². The van der Waals surface area contributed by atoms with Crippen molar-refractivity contribution in [3.63, 3.8) is 0 Å². The summed E-state index contributed by atoms with van der Waals surface area (Å²) in [4.78, 5) is 25.5. The second-order valence-corrected chi connectivity index (χ2v) is 8.22. The average molecular weight is 495 g/mol. The summed E-state index contributed by atoms with van der Waals surface area (Å²) in [5.41, 5.74) is 2.39. The Morgan fingerprint density at radius 1 is 0.943 bits per heavy atom. The average Bonchev–Trinajstić information content (AvgIpc) is 3.15. The molecule has 0 radical (unpaired) electrons. The first kappa shape index (κ1) is 24.2. The van der Waals surface area contributed by atoms with E-state index in [2.05, 4.69) is 0 Å². The molecular weight excluding hydrogens is 472 g/mol. The molecule has 0 atom stereocenters. The van der Waals surface area contributed by atoms with Crippen LogP contribution in [0.3, 0.4) is 0 Å². The van der Waals surface area contributed by atoms with Gasteiger partial charge in [0.15, 0.2) is 17.3 Å². The van der Waals surface area contributed by atoms with E-state index in [0.29, 0.717) is 44.7 Å². The summed E-state index contributed by atoms with van der Waals surface area (Å²) in [6.45, 7) is 1.76. The van der Waals surface area contributed by atoms with E-state index in [-0.39, 0.29) is 23.7 Å². The van der Waals surface area contributed by atoms with Crippen molar-refractivity contribution in [2.45, 2.75) is 13.3 Å². The Morgan fingerprint density at radius 2 is 1.60 bits per heavy atom. The monoisotopic (exact) mass is 494 g/mol. The number of Topliss-reactive ketones (excluding diaryl/α,β-unsaturated/α-hetero) is 1. The van der Waals surface area contributed by atoms with Gasteiger partial charge >= 0.3 is 5.97 Å². The van der Waals surface area contributed by atoms with Crippen LogP contribution in [0.5, 0.6) is 28.7 Å². The van der Waals surface area contributed by atoms with Gasteiger partial charge in [0.25, 0.3) is 0 Å². The summed E-state index contributed by atoms with van der Waals surface area (Å²) < 4.78 is 27.5. The second-order valence-electron chi connectivity index (χ2n) is 7.78. The minimum absolute atomic E-state index is 0.0807. The molecule has 0 aromatic heterocycles. The van der Waals surface area contributed by atoms with Crippen LogP contribution in [0.25, 0.3) is 6.08 Å². The van der Waals surface area contributed by atoms with Crippen molar-refractivity contribution in [1.29, 1.82) is 0 Å². The van der Waals surface area contributed by atoms with Gasteiger partial charge in [-0.25, -0.2) is 0 Å². The molecule has 0 aliphatic carbocycles. The molecule has 35 heavy (non-hydrogen) atoms. The molecule has 1 aliphatic heterocycles. The van der Waals surface area contributed by atoms with Gasteiger partial charge in [0, 0.05) is 22.7 Å². The third-order valence-corrected chi connectivity index (χ3v) is 5.71. The Balaban J connectivity index is 1.58. The summed E-state index contributed by atoms with van der Waals surface area (Å²) in [6.07, 6.45) is 1.66. The number of rotatable bonds is 7. The van der Waals surface area contributed by atoms with Crippen molar-refractivity contribution in [2.75, 3.05) is 21.3 Å². The summed E-state index contributed by atoms with van der Waals surface area (Å²) in [6, 6.07) is 13.5. The zero-order chi connectivity index (χ0) is 25.1. The maximum Gasteiger partial charge on any atom is 0.315 e. The third kappa shape index (κ3) is 5.10. The van der Waals surface area contributed by atoms with E-state index in [0.717, 1.165) is 5.56 Å². The first-order valence-electron chi connectivity index (χ1n) is 10.7. The van der Waals surface area contributed by atoms with E-state index in [4.69, 9.17) is 35.3 Å². The van der Waals surface area contributed by atoms with Crippen LogP contribution in [-0.2, 0) is 11.2 Å². The highest BCUT2D eigenvalue weighted by Gasteiger charge is 2.31. The SMILES string of the molecule is COc1cc(OC)c(OC)cc1/C=C1\Oc2cc(OC(=O)Cc3ccc(Cl)cc3)cc(C)c2C1=O. The lowest BCUT2D eigenvalue weighted by atomic mass is 10.0. The molecule has 7 nitrogen and oxygen atoms in total. The molecule has 0 fully saturated rings. The summed E-state index contributed by atoms with van der Waals surface area (Å²) in [7, 11) is 4.57. The van der Waals surface area contributed by atoms with Crippen molar-refractivity contribution in [1.82, 2.24) is 0 Å². The molecule has 0 saturated heterocycles. The molecule has 0 unspecified atom stereocenters. The largest absolute Gasteiger partial charge is 0.496 e. The molecule has 4 rings (SSSR count). The molecule has 180 valence electrons. The predicted molar refractivity (Wildman–Crippen MR) is 131 cm³/mol. The number of benzene rings is 3. The van der Waals surface area contributed by atoms with Gasteiger partial charge in [-0.1, -0.05) is 23.7 Å². The van der Waals surface area contributed by atoms with Gasteiger partial charge < -0.3 is 23.7 Å². The van der Waals surface area contributed by atoms with Gasteiger partial charge in [0.1, 0.15) is 17.2 Å². The van der Waals surface area contributed by atoms with Gasteiger partial charge in [-0.2, -0.15) is 0 Å². The normalized spacial score (nSPS) is 13.3. The maximum atomic E-state index is 13.1. The Labute approximate surface area is 207 Å². The molecule has 3 aromatic rings. The summed E-state index contributed by atoms with van der Waals surface area (Å²) in [5.74, 6) is 1.45. The van der Waals surface area contributed by atoms with Gasteiger partial charge in [-0.3, -0.25) is 9.59 Å². The molecule has 1 heterocycles. The van der Waals surface area contributed by atoms with E-state index >= 15 is 0 Å². The Kier molecular flexibility index (Phi) is 6.98. The lowest BCUT2D eigenvalue weighted by molar-refractivity contribution is -0.133. The Bertz CT molecular complexity index is 1330. The number of methoxy groups -OCH3 is 3. The number of ether oxygens (including phenoxy) is 5. The van der Waals surface area contributed by atoms with Crippen molar-refractivity contribution >= 4 is 29.4 Å². The highest BCUT2D eigenvalue weighted by Crippen LogP contribution is 2.40. The van der Waals surface area contributed by atoms with Crippen LogP contribution in [-0.4, -0.2) is 33.1 Å². The number of carbonyl (C=O) groups excluding carboxylic acids is 2. The quantitative estimate of drug-likeness (QED) is 0.246. The van der Waals surface area contributed by atoms with Crippen LogP contribution in [0.2, 0.25) is 5.02 Å². The Morgan fingerprint density at radius 3 is 2.26 bits per heavy atom.